The van der Waals surface area contributed by atoms with Crippen LogP contribution in [0, 0.1) is 5.92 Å². The van der Waals surface area contributed by atoms with Crippen molar-refractivity contribution in [3.8, 4) is 11.6 Å². The summed E-state index contributed by atoms with van der Waals surface area (Å²) in [6.07, 6.45) is 4.51. The van der Waals surface area contributed by atoms with E-state index in [9.17, 15) is 0 Å². The van der Waals surface area contributed by atoms with Gasteiger partial charge in [0.1, 0.15) is 5.82 Å². The van der Waals surface area contributed by atoms with Crippen molar-refractivity contribution < 1.29 is 9.47 Å². The Labute approximate surface area is 147 Å². The summed E-state index contributed by atoms with van der Waals surface area (Å²) in [6.45, 7) is 2.82. The lowest BCUT2D eigenvalue weighted by Gasteiger charge is -2.15. The van der Waals surface area contributed by atoms with E-state index in [1.807, 2.05) is 13.1 Å². The van der Waals surface area contributed by atoms with Gasteiger partial charge in [-0.2, -0.15) is 4.98 Å². The molecule has 2 N–H and O–H groups in total. The minimum Gasteiger partial charge on any atom is -0.488 e. The molecule has 0 spiro atoms. The van der Waals surface area contributed by atoms with E-state index in [-0.39, 0.29) is 0 Å². The normalized spacial score (nSPS) is 17.3. The number of nitrogens with one attached hydrogen (secondary N) is 2. The number of hydrogen-bond acceptors (Lipinski definition) is 8. The zero-order valence-corrected chi connectivity index (χ0v) is 14.8. The monoisotopic (exact) mass is 344 g/mol. The molecule has 2 aromatic rings. The van der Waals surface area contributed by atoms with Gasteiger partial charge in [0.05, 0.1) is 25.6 Å². The Morgan fingerprint density at radius 1 is 1.36 bits per heavy atom. The molecule has 0 radical (unpaired) electrons. The third-order valence-corrected chi connectivity index (χ3v) is 4.14. The van der Waals surface area contributed by atoms with E-state index in [0.29, 0.717) is 30.1 Å². The molecule has 1 atom stereocenters. The van der Waals surface area contributed by atoms with Crippen LogP contribution in [0.2, 0.25) is 0 Å². The van der Waals surface area contributed by atoms with E-state index in [1.165, 1.54) is 0 Å². The van der Waals surface area contributed by atoms with Crippen molar-refractivity contribution in [1.82, 2.24) is 19.9 Å². The first kappa shape index (κ1) is 17.2. The Bertz CT molecular complexity index is 711. The minimum absolute atomic E-state index is 0.474. The van der Waals surface area contributed by atoms with Crippen molar-refractivity contribution in [3.05, 3.63) is 24.5 Å². The lowest BCUT2D eigenvalue weighted by atomic mass is 10.1. The first-order chi connectivity index (χ1) is 12.2. The molecule has 25 heavy (non-hydrogen) atoms. The van der Waals surface area contributed by atoms with Crippen LogP contribution in [-0.4, -0.2) is 60.8 Å². The number of anilines is 3. The number of methoxy groups -OCH3 is 1. The second kappa shape index (κ2) is 7.98. The smallest absolute Gasteiger partial charge is 0.256 e. The van der Waals surface area contributed by atoms with Gasteiger partial charge in [-0.05, 0) is 26.1 Å². The first-order valence-corrected chi connectivity index (χ1v) is 8.31. The Morgan fingerprint density at radius 3 is 2.96 bits per heavy atom. The molecule has 0 aliphatic carbocycles. The molecule has 1 aliphatic rings. The van der Waals surface area contributed by atoms with E-state index in [0.717, 1.165) is 31.0 Å². The third-order valence-electron chi connectivity index (χ3n) is 4.14. The summed E-state index contributed by atoms with van der Waals surface area (Å²) in [5, 5.41) is 6.12. The summed E-state index contributed by atoms with van der Waals surface area (Å²) in [5.41, 5.74) is 0.743. The van der Waals surface area contributed by atoms with Gasteiger partial charge in [-0.25, -0.2) is 9.97 Å². The molecule has 0 amide bonds. The van der Waals surface area contributed by atoms with Crippen LogP contribution in [-0.2, 0) is 0 Å². The van der Waals surface area contributed by atoms with E-state index >= 15 is 0 Å². The van der Waals surface area contributed by atoms with Crippen LogP contribution in [0.4, 0.5) is 17.5 Å². The first-order valence-electron chi connectivity index (χ1n) is 8.31. The third kappa shape index (κ3) is 4.48. The largest absolute Gasteiger partial charge is 0.488 e. The average molecular weight is 344 g/mol. The second-order valence-electron chi connectivity index (χ2n) is 6.10. The molecular formula is C17H24N6O2. The number of aromatic nitrogens is 3. The van der Waals surface area contributed by atoms with Gasteiger partial charge in [0.2, 0.25) is 5.95 Å². The number of rotatable bonds is 7. The van der Waals surface area contributed by atoms with Crippen molar-refractivity contribution in [2.24, 2.45) is 5.92 Å². The Morgan fingerprint density at radius 2 is 2.24 bits per heavy atom. The number of hydrogen-bond donors (Lipinski definition) is 2. The summed E-state index contributed by atoms with van der Waals surface area (Å²) in [5.74, 6) is 2.85. The van der Waals surface area contributed by atoms with Gasteiger partial charge in [0.25, 0.3) is 5.88 Å². The lowest BCUT2D eigenvalue weighted by molar-refractivity contribution is 0.236. The minimum atomic E-state index is 0.474. The molecule has 8 nitrogen and oxygen atoms in total. The number of nitrogens with zero attached hydrogens (tertiary/aromatic N) is 4. The van der Waals surface area contributed by atoms with Crippen molar-refractivity contribution >= 4 is 17.5 Å². The molecule has 3 rings (SSSR count). The van der Waals surface area contributed by atoms with Crippen molar-refractivity contribution in [2.75, 3.05) is 51.5 Å². The fourth-order valence-corrected chi connectivity index (χ4v) is 2.81. The molecule has 0 unspecified atom stereocenters. The Kier molecular flexibility index (Phi) is 5.49. The van der Waals surface area contributed by atoms with Crippen LogP contribution in [0.5, 0.6) is 11.6 Å². The summed E-state index contributed by atoms with van der Waals surface area (Å²) in [4.78, 5) is 15.2. The molecule has 0 aromatic carbocycles. The van der Waals surface area contributed by atoms with Crippen molar-refractivity contribution in [1.29, 1.82) is 0 Å². The lowest BCUT2D eigenvalue weighted by Crippen LogP contribution is -2.18. The van der Waals surface area contributed by atoms with Crippen LogP contribution in [0.1, 0.15) is 6.42 Å². The van der Waals surface area contributed by atoms with Crippen molar-refractivity contribution in [2.45, 2.75) is 6.42 Å². The van der Waals surface area contributed by atoms with Crippen LogP contribution in [0.25, 0.3) is 0 Å². The molecule has 134 valence electrons. The van der Waals surface area contributed by atoms with E-state index in [1.54, 1.807) is 25.6 Å². The van der Waals surface area contributed by atoms with E-state index in [4.69, 9.17) is 9.47 Å². The zero-order valence-electron chi connectivity index (χ0n) is 14.8. The fourth-order valence-electron chi connectivity index (χ4n) is 2.81. The van der Waals surface area contributed by atoms with Gasteiger partial charge >= 0.3 is 0 Å². The fraction of sp³-hybridized carbons (Fsp3) is 0.471. The standard InChI is InChI=1S/C17H24N6O2/c1-18-15-4-6-19-17(22-15)21-13-8-14(16(24-3)20-9-13)25-11-12-5-7-23(2)10-12/h4,6,8-9,12H,5,7,10-11H2,1-3H3,(H2,18,19,21,22)/t12-/m1/s1. The molecule has 3 heterocycles. The van der Waals surface area contributed by atoms with Gasteiger partial charge in [-0.1, -0.05) is 0 Å². The average Bonchev–Trinajstić information content (AvgIpc) is 3.05. The summed E-state index contributed by atoms with van der Waals surface area (Å²) in [6, 6.07) is 3.66. The Hall–Kier alpha value is -2.61. The van der Waals surface area contributed by atoms with Gasteiger partial charge < -0.3 is 25.0 Å². The van der Waals surface area contributed by atoms with E-state index in [2.05, 4.69) is 37.5 Å². The predicted octanol–water partition coefficient (Wildman–Crippen LogP) is 2.00. The maximum atomic E-state index is 5.98. The molecule has 2 aromatic heterocycles. The van der Waals surface area contributed by atoms with Gasteiger partial charge in [-0.15, -0.1) is 0 Å². The highest BCUT2D eigenvalue weighted by Crippen LogP contribution is 2.29. The highest BCUT2D eigenvalue weighted by atomic mass is 16.5. The number of ether oxygens (including phenoxy) is 2. The highest BCUT2D eigenvalue weighted by molar-refractivity contribution is 5.57. The molecule has 0 bridgehead atoms. The zero-order chi connectivity index (χ0) is 17.6. The summed E-state index contributed by atoms with van der Waals surface area (Å²) < 4.78 is 11.3. The molecule has 1 saturated heterocycles. The molecule has 1 aliphatic heterocycles. The maximum absolute atomic E-state index is 5.98. The Balaban J connectivity index is 1.70. The molecule has 1 fully saturated rings. The summed E-state index contributed by atoms with van der Waals surface area (Å²) in [7, 11) is 5.53. The molecule has 8 heteroatoms. The van der Waals surface area contributed by atoms with Crippen LogP contribution in [0.15, 0.2) is 24.5 Å². The predicted molar refractivity (Wildman–Crippen MR) is 96.7 cm³/mol. The topological polar surface area (TPSA) is 84.4 Å². The van der Waals surface area contributed by atoms with E-state index < -0.39 is 0 Å². The second-order valence-corrected chi connectivity index (χ2v) is 6.10. The van der Waals surface area contributed by atoms with Crippen LogP contribution in [0.3, 0.4) is 0 Å². The highest BCUT2D eigenvalue weighted by Gasteiger charge is 2.21. The number of pyridine rings is 1. The van der Waals surface area contributed by atoms with Crippen LogP contribution >= 0.6 is 0 Å². The molecular weight excluding hydrogens is 320 g/mol. The van der Waals surface area contributed by atoms with Gasteiger partial charge in [0.15, 0.2) is 5.75 Å². The maximum Gasteiger partial charge on any atom is 0.256 e. The van der Waals surface area contributed by atoms with Crippen molar-refractivity contribution in [3.63, 3.8) is 0 Å². The molecule has 0 saturated carbocycles. The van der Waals surface area contributed by atoms with Gasteiger partial charge in [-0.3, -0.25) is 0 Å². The number of likely N-dealkylation sites (tertiary alicyclic amines) is 1. The SMILES string of the molecule is CNc1ccnc(Nc2cnc(OC)c(OC[C@@H]3CCN(C)C3)c2)n1. The summed E-state index contributed by atoms with van der Waals surface area (Å²) >= 11 is 0. The quantitative estimate of drug-likeness (QED) is 0.789. The van der Waals surface area contributed by atoms with Gasteiger partial charge in [0, 0.05) is 31.8 Å². The van der Waals surface area contributed by atoms with Crippen LogP contribution < -0.4 is 20.1 Å².